The molecule has 0 aromatic rings. The van der Waals surface area contributed by atoms with Gasteiger partial charge in [-0.15, -0.1) is 12.4 Å². The molecule has 0 saturated carbocycles. The van der Waals surface area contributed by atoms with Crippen molar-refractivity contribution in [2.24, 2.45) is 0 Å². The second-order valence-corrected chi connectivity index (χ2v) is 4.94. The highest BCUT2D eigenvalue weighted by molar-refractivity contribution is 7.87. The molecule has 16 heavy (non-hydrogen) atoms. The molecule has 3 N–H and O–H groups in total. The molecule has 6 nitrogen and oxygen atoms in total. The van der Waals surface area contributed by atoms with Crippen LogP contribution in [0.15, 0.2) is 0 Å². The molecule has 0 aromatic carbocycles. The summed E-state index contributed by atoms with van der Waals surface area (Å²) >= 11 is 0. The van der Waals surface area contributed by atoms with Gasteiger partial charge in [0.25, 0.3) is 10.2 Å². The van der Waals surface area contributed by atoms with Crippen molar-refractivity contribution in [1.82, 2.24) is 14.8 Å². The Labute approximate surface area is 104 Å². The summed E-state index contributed by atoms with van der Waals surface area (Å²) in [6, 6.07) is -0.0936. The van der Waals surface area contributed by atoms with Gasteiger partial charge in [-0.3, -0.25) is 0 Å². The molecule has 0 aliphatic rings. The molecule has 0 spiro atoms. The van der Waals surface area contributed by atoms with E-state index in [0.29, 0.717) is 19.7 Å². The number of hydrogen-bond acceptors (Lipinski definition) is 4. The molecule has 0 amide bonds. The normalized spacial score (nSPS) is 11.5. The summed E-state index contributed by atoms with van der Waals surface area (Å²) in [5, 5.41) is 3.03. The van der Waals surface area contributed by atoms with Crippen LogP contribution in [0.4, 0.5) is 0 Å². The van der Waals surface area contributed by atoms with E-state index < -0.39 is 10.2 Å². The van der Waals surface area contributed by atoms with Gasteiger partial charge in [0.15, 0.2) is 0 Å². The van der Waals surface area contributed by atoms with Gasteiger partial charge >= 0.3 is 0 Å². The van der Waals surface area contributed by atoms with Gasteiger partial charge in [-0.1, -0.05) is 0 Å². The fraction of sp³-hybridized carbons (Fsp3) is 1.00. The Morgan fingerprint density at radius 1 is 1.19 bits per heavy atom. The highest BCUT2D eigenvalue weighted by atomic mass is 35.5. The van der Waals surface area contributed by atoms with Crippen LogP contribution in [-0.4, -0.2) is 47.8 Å². The average Bonchev–Trinajstić information content (AvgIpc) is 2.08. The van der Waals surface area contributed by atoms with E-state index in [1.165, 1.54) is 0 Å². The second-order valence-electron chi connectivity index (χ2n) is 3.41. The molecule has 0 heterocycles. The molecular formula is C8H22ClN3O3S. The molecule has 0 aliphatic heterocycles. The number of nitrogens with one attached hydrogen (secondary N) is 3. The molecule has 0 aromatic heterocycles. The van der Waals surface area contributed by atoms with Gasteiger partial charge in [-0.2, -0.15) is 13.1 Å². The Morgan fingerprint density at radius 2 is 1.81 bits per heavy atom. The summed E-state index contributed by atoms with van der Waals surface area (Å²) in [5.74, 6) is 0. The third-order valence-electron chi connectivity index (χ3n) is 1.47. The molecule has 0 radical (unpaired) electrons. The summed E-state index contributed by atoms with van der Waals surface area (Å²) in [7, 11) is -1.72. The lowest BCUT2D eigenvalue weighted by atomic mass is 10.4. The molecular weight excluding hydrogens is 254 g/mol. The lowest BCUT2D eigenvalue weighted by Gasteiger charge is -2.10. The minimum Gasteiger partial charge on any atom is -0.383 e. The van der Waals surface area contributed by atoms with Gasteiger partial charge in [-0.25, -0.2) is 4.72 Å². The van der Waals surface area contributed by atoms with E-state index in [9.17, 15) is 8.42 Å². The van der Waals surface area contributed by atoms with Gasteiger partial charge in [0, 0.05) is 32.8 Å². The van der Waals surface area contributed by atoms with Crippen LogP contribution in [-0.2, 0) is 14.9 Å². The molecule has 0 bridgehead atoms. The van der Waals surface area contributed by atoms with E-state index >= 15 is 0 Å². The minimum atomic E-state index is -3.34. The van der Waals surface area contributed by atoms with Gasteiger partial charge in [0.2, 0.25) is 0 Å². The highest BCUT2D eigenvalue weighted by Crippen LogP contribution is 1.82. The van der Waals surface area contributed by atoms with Crippen LogP contribution >= 0.6 is 12.4 Å². The van der Waals surface area contributed by atoms with Gasteiger partial charge in [0.05, 0.1) is 6.61 Å². The van der Waals surface area contributed by atoms with E-state index in [1.807, 2.05) is 0 Å². The summed E-state index contributed by atoms with van der Waals surface area (Å²) in [6.45, 7) is 5.84. The Balaban J connectivity index is 0. The maximum absolute atomic E-state index is 11.3. The standard InChI is InChI=1S/C8H21N3O3S.ClH/c1-8(2)11-15(12,13)10-5-4-9-6-7-14-3;/h8-11H,4-7H2,1-3H3;1H. The second kappa shape index (κ2) is 10.2. The van der Waals surface area contributed by atoms with Crippen LogP contribution < -0.4 is 14.8 Å². The molecule has 0 aliphatic carbocycles. The van der Waals surface area contributed by atoms with Gasteiger partial charge < -0.3 is 10.1 Å². The monoisotopic (exact) mass is 275 g/mol. The third kappa shape index (κ3) is 12.2. The number of halogens is 1. The van der Waals surface area contributed by atoms with Crippen LogP contribution in [0, 0.1) is 0 Å². The fourth-order valence-electron chi connectivity index (χ4n) is 0.925. The zero-order valence-corrected chi connectivity index (χ0v) is 11.6. The zero-order valence-electron chi connectivity index (χ0n) is 9.95. The summed E-state index contributed by atoms with van der Waals surface area (Å²) in [6.07, 6.45) is 0. The average molecular weight is 276 g/mol. The van der Waals surface area contributed by atoms with Gasteiger partial charge in [0.1, 0.15) is 0 Å². The van der Waals surface area contributed by atoms with Crippen molar-refractivity contribution >= 4 is 22.6 Å². The smallest absolute Gasteiger partial charge is 0.277 e. The maximum atomic E-state index is 11.3. The van der Waals surface area contributed by atoms with E-state index in [2.05, 4.69) is 14.8 Å². The Kier molecular flexibility index (Phi) is 11.8. The molecule has 100 valence electrons. The van der Waals surface area contributed by atoms with Crippen molar-refractivity contribution in [3.8, 4) is 0 Å². The Bertz CT molecular complexity index is 247. The summed E-state index contributed by atoms with van der Waals surface area (Å²) in [5.41, 5.74) is 0. The Hall–Kier alpha value is 0.0800. The van der Waals surface area contributed by atoms with Crippen LogP contribution in [0.5, 0.6) is 0 Å². The third-order valence-corrected chi connectivity index (χ3v) is 2.83. The predicted octanol–water partition coefficient (Wildman–Crippen LogP) is -0.523. The first kappa shape index (κ1) is 18.4. The number of methoxy groups -OCH3 is 1. The first-order valence-corrected chi connectivity index (χ1v) is 6.43. The van der Waals surface area contributed by atoms with Crippen LogP contribution in [0.3, 0.4) is 0 Å². The maximum Gasteiger partial charge on any atom is 0.277 e. The summed E-state index contributed by atoms with van der Waals surface area (Å²) < 4.78 is 32.2. The minimum absolute atomic E-state index is 0. The number of rotatable bonds is 9. The van der Waals surface area contributed by atoms with E-state index in [4.69, 9.17) is 4.74 Å². The summed E-state index contributed by atoms with van der Waals surface area (Å²) in [4.78, 5) is 0. The SMILES string of the molecule is COCCNCCNS(=O)(=O)NC(C)C.Cl. The highest BCUT2D eigenvalue weighted by Gasteiger charge is 2.09. The molecule has 8 heteroatoms. The quantitative estimate of drug-likeness (QED) is 0.495. The molecule has 0 unspecified atom stereocenters. The first-order valence-electron chi connectivity index (χ1n) is 4.94. The zero-order chi connectivity index (χ0) is 11.7. The van der Waals surface area contributed by atoms with E-state index in [1.54, 1.807) is 21.0 Å². The van der Waals surface area contributed by atoms with Crippen LogP contribution in [0.25, 0.3) is 0 Å². The number of ether oxygens (including phenoxy) is 1. The van der Waals surface area contributed by atoms with Crippen molar-refractivity contribution in [1.29, 1.82) is 0 Å². The molecule has 0 fully saturated rings. The fourth-order valence-corrected chi connectivity index (χ4v) is 2.00. The lowest BCUT2D eigenvalue weighted by Crippen LogP contribution is -2.42. The molecule has 0 atom stereocenters. The first-order chi connectivity index (χ1) is 6.98. The molecule has 0 saturated heterocycles. The largest absolute Gasteiger partial charge is 0.383 e. The number of hydrogen-bond donors (Lipinski definition) is 3. The van der Waals surface area contributed by atoms with Crippen molar-refractivity contribution in [2.45, 2.75) is 19.9 Å². The van der Waals surface area contributed by atoms with Crippen molar-refractivity contribution in [3.05, 3.63) is 0 Å². The van der Waals surface area contributed by atoms with Crippen LogP contribution in [0.2, 0.25) is 0 Å². The molecule has 0 rings (SSSR count). The lowest BCUT2D eigenvalue weighted by molar-refractivity contribution is 0.199. The van der Waals surface area contributed by atoms with Gasteiger partial charge in [-0.05, 0) is 13.8 Å². The van der Waals surface area contributed by atoms with Crippen molar-refractivity contribution in [2.75, 3.05) is 33.4 Å². The van der Waals surface area contributed by atoms with Crippen LogP contribution in [0.1, 0.15) is 13.8 Å². The predicted molar refractivity (Wildman–Crippen MR) is 67.2 cm³/mol. The topological polar surface area (TPSA) is 79.5 Å². The van der Waals surface area contributed by atoms with E-state index in [0.717, 1.165) is 6.54 Å². The Morgan fingerprint density at radius 3 is 2.31 bits per heavy atom. The van der Waals surface area contributed by atoms with Crippen molar-refractivity contribution in [3.63, 3.8) is 0 Å². The van der Waals surface area contributed by atoms with E-state index in [-0.39, 0.29) is 18.4 Å². The van der Waals surface area contributed by atoms with Crippen molar-refractivity contribution < 1.29 is 13.2 Å².